The number of aromatic nitrogens is 6. The SMILES string of the molecule is Nc1nc(-c2sccc2Br)nc(-n2cncn2)n1. The summed E-state index contributed by atoms with van der Waals surface area (Å²) >= 11 is 4.95. The fraction of sp³-hybridized carbons (Fsp3) is 0. The van der Waals surface area contributed by atoms with E-state index >= 15 is 0 Å². The molecule has 0 aliphatic carbocycles. The van der Waals surface area contributed by atoms with Crippen LogP contribution in [0.25, 0.3) is 16.6 Å². The van der Waals surface area contributed by atoms with Crippen molar-refractivity contribution in [3.63, 3.8) is 0 Å². The molecule has 3 heterocycles. The maximum absolute atomic E-state index is 5.69. The number of nitrogens with two attached hydrogens (primary N) is 1. The molecule has 0 spiro atoms. The highest BCUT2D eigenvalue weighted by molar-refractivity contribution is 9.10. The van der Waals surface area contributed by atoms with Crippen LogP contribution in [0.2, 0.25) is 0 Å². The van der Waals surface area contributed by atoms with Gasteiger partial charge >= 0.3 is 0 Å². The van der Waals surface area contributed by atoms with Crippen molar-refractivity contribution in [2.45, 2.75) is 0 Å². The third-order valence-corrected chi connectivity index (χ3v) is 3.92. The molecule has 0 amide bonds. The van der Waals surface area contributed by atoms with E-state index < -0.39 is 0 Å². The van der Waals surface area contributed by atoms with Gasteiger partial charge in [0.05, 0.1) is 4.88 Å². The minimum Gasteiger partial charge on any atom is -0.368 e. The molecular weight excluding hydrogens is 318 g/mol. The lowest BCUT2D eigenvalue weighted by atomic mass is 10.4. The summed E-state index contributed by atoms with van der Waals surface area (Å²) in [6, 6.07) is 1.93. The number of halogens is 1. The second kappa shape index (κ2) is 4.42. The summed E-state index contributed by atoms with van der Waals surface area (Å²) in [5, 5.41) is 5.90. The van der Waals surface area contributed by atoms with Gasteiger partial charge in [-0.3, -0.25) is 0 Å². The molecular formula is C9H6BrN7S. The average Bonchev–Trinajstić information content (AvgIpc) is 2.98. The summed E-state index contributed by atoms with van der Waals surface area (Å²) in [5.41, 5.74) is 5.69. The Morgan fingerprint density at radius 2 is 2.17 bits per heavy atom. The summed E-state index contributed by atoms with van der Waals surface area (Å²) in [4.78, 5) is 17.2. The first-order valence-corrected chi connectivity index (χ1v) is 6.51. The molecule has 0 saturated heterocycles. The average molecular weight is 324 g/mol. The van der Waals surface area contributed by atoms with Gasteiger partial charge in [0, 0.05) is 4.47 Å². The highest BCUT2D eigenvalue weighted by Crippen LogP contribution is 2.31. The van der Waals surface area contributed by atoms with Crippen LogP contribution in [0.4, 0.5) is 5.95 Å². The van der Waals surface area contributed by atoms with Gasteiger partial charge in [-0.2, -0.15) is 24.7 Å². The van der Waals surface area contributed by atoms with Crippen molar-refractivity contribution < 1.29 is 0 Å². The largest absolute Gasteiger partial charge is 0.368 e. The molecule has 0 atom stereocenters. The number of hydrogen-bond acceptors (Lipinski definition) is 7. The fourth-order valence-electron chi connectivity index (χ4n) is 1.35. The molecule has 18 heavy (non-hydrogen) atoms. The molecule has 3 aromatic rings. The van der Waals surface area contributed by atoms with Gasteiger partial charge in [-0.15, -0.1) is 11.3 Å². The molecule has 2 N–H and O–H groups in total. The van der Waals surface area contributed by atoms with Gasteiger partial charge in [0.15, 0.2) is 5.82 Å². The van der Waals surface area contributed by atoms with Crippen molar-refractivity contribution in [2.24, 2.45) is 0 Å². The van der Waals surface area contributed by atoms with Crippen LogP contribution < -0.4 is 5.73 Å². The molecule has 9 heteroatoms. The van der Waals surface area contributed by atoms with Gasteiger partial charge in [-0.05, 0) is 27.4 Å². The lowest BCUT2D eigenvalue weighted by Gasteiger charge is -2.03. The van der Waals surface area contributed by atoms with Crippen molar-refractivity contribution in [3.8, 4) is 16.6 Å². The minimum atomic E-state index is 0.144. The second-order valence-electron chi connectivity index (χ2n) is 3.25. The summed E-state index contributed by atoms with van der Waals surface area (Å²) in [6.45, 7) is 0. The zero-order valence-electron chi connectivity index (χ0n) is 8.86. The maximum Gasteiger partial charge on any atom is 0.257 e. The summed E-state index contributed by atoms with van der Waals surface area (Å²) in [6.07, 6.45) is 2.91. The van der Waals surface area contributed by atoms with E-state index in [9.17, 15) is 0 Å². The topological polar surface area (TPSA) is 95.4 Å². The Balaban J connectivity index is 2.15. The molecule has 0 unspecified atom stereocenters. The van der Waals surface area contributed by atoms with E-state index in [0.29, 0.717) is 11.8 Å². The van der Waals surface area contributed by atoms with Crippen LogP contribution in [0.15, 0.2) is 28.6 Å². The molecule has 0 radical (unpaired) electrons. The van der Waals surface area contributed by atoms with Crippen LogP contribution in [-0.2, 0) is 0 Å². The Kier molecular flexibility index (Phi) is 2.76. The van der Waals surface area contributed by atoms with Crippen molar-refractivity contribution >= 4 is 33.2 Å². The summed E-state index contributed by atoms with van der Waals surface area (Å²) in [7, 11) is 0. The number of hydrogen-bond donors (Lipinski definition) is 1. The molecule has 3 aromatic heterocycles. The van der Waals surface area contributed by atoms with Crippen LogP contribution in [0.5, 0.6) is 0 Å². The molecule has 7 nitrogen and oxygen atoms in total. The van der Waals surface area contributed by atoms with Crippen molar-refractivity contribution in [1.82, 2.24) is 29.7 Å². The van der Waals surface area contributed by atoms with Crippen LogP contribution in [0, 0.1) is 0 Å². The summed E-state index contributed by atoms with van der Waals surface area (Å²) < 4.78 is 2.35. The minimum absolute atomic E-state index is 0.144. The smallest absolute Gasteiger partial charge is 0.257 e. The monoisotopic (exact) mass is 323 g/mol. The van der Waals surface area contributed by atoms with Crippen molar-refractivity contribution in [2.75, 3.05) is 5.73 Å². The van der Waals surface area contributed by atoms with Gasteiger partial charge < -0.3 is 5.73 Å². The lowest BCUT2D eigenvalue weighted by molar-refractivity contribution is 0.800. The fourth-order valence-corrected chi connectivity index (χ4v) is 2.83. The van der Waals surface area contributed by atoms with Gasteiger partial charge in [-0.1, -0.05) is 0 Å². The van der Waals surface area contributed by atoms with Gasteiger partial charge in [0.25, 0.3) is 5.95 Å². The number of nitrogens with zero attached hydrogens (tertiary/aromatic N) is 6. The number of thiophene rings is 1. The zero-order chi connectivity index (χ0) is 12.5. The molecule has 0 aliphatic rings. The number of anilines is 1. The molecule has 90 valence electrons. The van der Waals surface area contributed by atoms with Gasteiger partial charge in [0.2, 0.25) is 5.95 Å². The van der Waals surface area contributed by atoms with E-state index in [0.717, 1.165) is 9.35 Å². The molecule has 0 bridgehead atoms. The number of rotatable bonds is 2. The van der Waals surface area contributed by atoms with Crippen LogP contribution in [0.1, 0.15) is 0 Å². The van der Waals surface area contributed by atoms with E-state index in [1.807, 2.05) is 11.4 Å². The molecule has 3 rings (SSSR count). The van der Waals surface area contributed by atoms with Crippen molar-refractivity contribution in [1.29, 1.82) is 0 Å². The maximum atomic E-state index is 5.69. The van der Waals surface area contributed by atoms with Crippen molar-refractivity contribution in [3.05, 3.63) is 28.6 Å². The predicted octanol–water partition coefficient (Wildman–Crippen LogP) is 1.53. The Bertz CT molecular complexity index is 678. The van der Waals surface area contributed by atoms with Crippen LogP contribution in [0.3, 0.4) is 0 Å². The van der Waals surface area contributed by atoms with E-state index in [1.54, 1.807) is 0 Å². The van der Waals surface area contributed by atoms with E-state index in [4.69, 9.17) is 5.73 Å². The molecule has 0 aromatic carbocycles. The highest BCUT2D eigenvalue weighted by Gasteiger charge is 2.12. The van der Waals surface area contributed by atoms with Gasteiger partial charge in [-0.25, -0.2) is 4.98 Å². The first-order chi connectivity index (χ1) is 8.74. The quantitative estimate of drug-likeness (QED) is 0.768. The lowest BCUT2D eigenvalue weighted by Crippen LogP contribution is -2.07. The van der Waals surface area contributed by atoms with Gasteiger partial charge in [0.1, 0.15) is 12.7 Å². The van der Waals surface area contributed by atoms with E-state index in [2.05, 4.69) is 41.0 Å². The molecule has 0 saturated carbocycles. The molecule has 0 aliphatic heterocycles. The third kappa shape index (κ3) is 1.97. The normalized spacial score (nSPS) is 10.7. The Morgan fingerprint density at radius 3 is 2.83 bits per heavy atom. The number of nitrogen functional groups attached to an aromatic ring is 1. The Morgan fingerprint density at radius 1 is 1.28 bits per heavy atom. The standard InChI is InChI=1S/C9H6BrN7S/c10-5-1-2-18-6(5)7-14-8(11)16-9(15-7)17-4-12-3-13-17/h1-4H,(H2,11,14,15,16). The van der Waals surface area contributed by atoms with Crippen LogP contribution >= 0.6 is 27.3 Å². The molecule has 0 fully saturated rings. The van der Waals surface area contributed by atoms with Crippen LogP contribution in [-0.4, -0.2) is 29.7 Å². The predicted molar refractivity (Wildman–Crippen MR) is 70.2 cm³/mol. The first-order valence-electron chi connectivity index (χ1n) is 4.84. The first kappa shape index (κ1) is 11.2. The Hall–Kier alpha value is -1.87. The highest BCUT2D eigenvalue weighted by atomic mass is 79.9. The third-order valence-electron chi connectivity index (χ3n) is 2.08. The zero-order valence-corrected chi connectivity index (χ0v) is 11.3. The Labute approximate surface area is 114 Å². The van der Waals surface area contributed by atoms with E-state index in [1.165, 1.54) is 28.7 Å². The van der Waals surface area contributed by atoms with E-state index in [-0.39, 0.29) is 5.95 Å². The summed E-state index contributed by atoms with van der Waals surface area (Å²) in [5.74, 6) is 0.996. The second-order valence-corrected chi connectivity index (χ2v) is 5.03.